The largest absolute Gasteiger partial charge is 0.355 e. The van der Waals surface area contributed by atoms with E-state index in [1.165, 1.54) is 4.90 Å². The van der Waals surface area contributed by atoms with Crippen LogP contribution in [0.2, 0.25) is 0 Å². The first-order valence-electron chi connectivity index (χ1n) is 12.3. The van der Waals surface area contributed by atoms with Gasteiger partial charge in [0.2, 0.25) is 21.8 Å². The van der Waals surface area contributed by atoms with Gasteiger partial charge in [0.05, 0.1) is 11.9 Å². The van der Waals surface area contributed by atoms with E-state index in [-0.39, 0.29) is 12.5 Å². The Bertz CT molecular complexity index is 1310. The van der Waals surface area contributed by atoms with E-state index in [4.69, 9.17) is 0 Å². The first-order valence-corrected chi connectivity index (χ1v) is 14.1. The SMILES string of the molecule is CCNC(=O)[C@@H](Cc1ccccc1)N(Cc1ccc(C)cc1)C(=O)CN(c1cccc(C)c1)S(C)(=O)=O. The van der Waals surface area contributed by atoms with Crippen LogP contribution in [0.15, 0.2) is 78.9 Å². The van der Waals surface area contributed by atoms with Crippen molar-refractivity contribution >= 4 is 27.5 Å². The van der Waals surface area contributed by atoms with E-state index in [1.54, 1.807) is 18.2 Å². The van der Waals surface area contributed by atoms with Crippen molar-refractivity contribution in [3.05, 3.63) is 101 Å². The molecule has 0 saturated heterocycles. The van der Waals surface area contributed by atoms with E-state index in [0.717, 1.165) is 32.8 Å². The molecule has 0 aliphatic heterocycles. The van der Waals surface area contributed by atoms with Crippen LogP contribution in [0, 0.1) is 13.8 Å². The first kappa shape index (κ1) is 27.9. The molecule has 0 bridgehead atoms. The fourth-order valence-corrected chi connectivity index (χ4v) is 4.97. The number of rotatable bonds is 11. The minimum absolute atomic E-state index is 0.166. The molecule has 1 atom stereocenters. The molecule has 0 spiro atoms. The maximum Gasteiger partial charge on any atom is 0.244 e. The minimum Gasteiger partial charge on any atom is -0.355 e. The van der Waals surface area contributed by atoms with E-state index in [0.29, 0.717) is 18.7 Å². The Hall–Kier alpha value is -3.65. The maximum absolute atomic E-state index is 13.9. The summed E-state index contributed by atoms with van der Waals surface area (Å²) in [5, 5.41) is 2.85. The van der Waals surface area contributed by atoms with Crippen LogP contribution in [-0.2, 0) is 32.6 Å². The van der Waals surface area contributed by atoms with Gasteiger partial charge in [-0.25, -0.2) is 8.42 Å². The Labute approximate surface area is 220 Å². The number of amides is 2. The van der Waals surface area contributed by atoms with E-state index in [9.17, 15) is 18.0 Å². The van der Waals surface area contributed by atoms with Crippen molar-refractivity contribution in [3.63, 3.8) is 0 Å². The zero-order valence-corrected chi connectivity index (χ0v) is 22.7. The van der Waals surface area contributed by atoms with Crippen molar-refractivity contribution in [2.75, 3.05) is 23.7 Å². The first-order chi connectivity index (χ1) is 17.6. The van der Waals surface area contributed by atoms with Gasteiger partial charge in [-0.1, -0.05) is 72.3 Å². The van der Waals surface area contributed by atoms with Gasteiger partial charge in [0.25, 0.3) is 0 Å². The van der Waals surface area contributed by atoms with Gasteiger partial charge in [0, 0.05) is 19.5 Å². The highest BCUT2D eigenvalue weighted by Gasteiger charge is 2.32. The number of nitrogens with zero attached hydrogens (tertiary/aromatic N) is 2. The molecule has 0 aliphatic carbocycles. The molecule has 3 aromatic carbocycles. The number of benzene rings is 3. The molecular weight excluding hydrogens is 486 g/mol. The average molecular weight is 522 g/mol. The van der Waals surface area contributed by atoms with Gasteiger partial charge in [-0.05, 0) is 49.6 Å². The normalized spacial score (nSPS) is 12.0. The lowest BCUT2D eigenvalue weighted by Crippen LogP contribution is -2.53. The molecule has 2 amide bonds. The molecule has 3 rings (SSSR count). The highest BCUT2D eigenvalue weighted by molar-refractivity contribution is 7.92. The number of sulfonamides is 1. The topological polar surface area (TPSA) is 86.8 Å². The van der Waals surface area contributed by atoms with Crippen molar-refractivity contribution in [1.29, 1.82) is 0 Å². The summed E-state index contributed by atoms with van der Waals surface area (Å²) in [6, 6.07) is 23.4. The van der Waals surface area contributed by atoms with Gasteiger partial charge in [-0.2, -0.15) is 0 Å². The Balaban J connectivity index is 2.03. The smallest absolute Gasteiger partial charge is 0.244 e. The van der Waals surface area contributed by atoms with Crippen LogP contribution in [-0.4, -0.2) is 50.5 Å². The predicted molar refractivity (Wildman–Crippen MR) is 148 cm³/mol. The molecule has 0 aliphatic rings. The second-order valence-electron chi connectivity index (χ2n) is 9.22. The zero-order chi connectivity index (χ0) is 27.0. The molecule has 0 fully saturated rings. The second-order valence-corrected chi connectivity index (χ2v) is 11.1. The highest BCUT2D eigenvalue weighted by Crippen LogP contribution is 2.21. The Morgan fingerprint density at radius 2 is 1.54 bits per heavy atom. The molecule has 0 aromatic heterocycles. The summed E-state index contributed by atoms with van der Waals surface area (Å²) < 4.78 is 26.6. The zero-order valence-electron chi connectivity index (χ0n) is 21.8. The van der Waals surface area contributed by atoms with Gasteiger partial charge in [0.1, 0.15) is 12.6 Å². The van der Waals surface area contributed by atoms with Crippen molar-refractivity contribution in [1.82, 2.24) is 10.2 Å². The molecule has 0 heterocycles. The molecule has 196 valence electrons. The minimum atomic E-state index is -3.77. The van der Waals surface area contributed by atoms with E-state index in [2.05, 4.69) is 5.32 Å². The summed E-state index contributed by atoms with van der Waals surface area (Å²) >= 11 is 0. The number of carbonyl (C=O) groups is 2. The Morgan fingerprint density at radius 1 is 0.865 bits per heavy atom. The number of nitrogens with one attached hydrogen (secondary N) is 1. The number of hydrogen-bond acceptors (Lipinski definition) is 4. The third-order valence-corrected chi connectivity index (χ3v) is 7.21. The van der Waals surface area contributed by atoms with Crippen LogP contribution in [0.25, 0.3) is 0 Å². The number of likely N-dealkylation sites (N-methyl/N-ethyl adjacent to an activating group) is 1. The van der Waals surface area contributed by atoms with Gasteiger partial charge in [-0.15, -0.1) is 0 Å². The lowest BCUT2D eigenvalue weighted by atomic mass is 10.0. The molecule has 8 heteroatoms. The summed E-state index contributed by atoms with van der Waals surface area (Å²) in [6.45, 7) is 5.83. The van der Waals surface area contributed by atoms with Crippen molar-refractivity contribution < 1.29 is 18.0 Å². The van der Waals surface area contributed by atoms with E-state index < -0.39 is 28.5 Å². The molecule has 37 heavy (non-hydrogen) atoms. The molecule has 7 nitrogen and oxygen atoms in total. The predicted octanol–water partition coefficient (Wildman–Crippen LogP) is 3.85. The van der Waals surface area contributed by atoms with Crippen LogP contribution >= 0.6 is 0 Å². The van der Waals surface area contributed by atoms with Gasteiger partial charge >= 0.3 is 0 Å². The molecule has 0 radical (unpaired) electrons. The van der Waals surface area contributed by atoms with Crippen molar-refractivity contribution in [2.45, 2.75) is 39.8 Å². The van der Waals surface area contributed by atoms with E-state index in [1.807, 2.05) is 81.4 Å². The summed E-state index contributed by atoms with van der Waals surface area (Å²) in [5.41, 5.74) is 4.11. The average Bonchev–Trinajstić information content (AvgIpc) is 2.85. The number of carbonyl (C=O) groups excluding carboxylic acids is 2. The number of hydrogen-bond donors (Lipinski definition) is 1. The van der Waals surface area contributed by atoms with Crippen LogP contribution in [0.1, 0.15) is 29.2 Å². The summed E-state index contributed by atoms with van der Waals surface area (Å²) in [4.78, 5) is 28.7. The molecule has 0 saturated carbocycles. The molecule has 0 unspecified atom stereocenters. The Morgan fingerprint density at radius 3 is 2.14 bits per heavy atom. The lowest BCUT2D eigenvalue weighted by molar-refractivity contribution is -0.140. The van der Waals surface area contributed by atoms with Gasteiger partial charge in [0.15, 0.2) is 0 Å². The molecule has 1 N–H and O–H groups in total. The summed E-state index contributed by atoms with van der Waals surface area (Å²) in [5.74, 6) is -0.743. The highest BCUT2D eigenvalue weighted by atomic mass is 32.2. The third kappa shape index (κ3) is 7.92. The van der Waals surface area contributed by atoms with Crippen LogP contribution in [0.5, 0.6) is 0 Å². The quantitative estimate of drug-likeness (QED) is 0.415. The fourth-order valence-electron chi connectivity index (χ4n) is 4.13. The van der Waals surface area contributed by atoms with E-state index >= 15 is 0 Å². The molecular formula is C29H35N3O4S. The lowest BCUT2D eigenvalue weighted by Gasteiger charge is -2.33. The molecule has 3 aromatic rings. The van der Waals surface area contributed by atoms with Crippen LogP contribution < -0.4 is 9.62 Å². The van der Waals surface area contributed by atoms with Gasteiger partial charge < -0.3 is 10.2 Å². The maximum atomic E-state index is 13.9. The summed E-state index contributed by atoms with van der Waals surface area (Å²) in [7, 11) is -3.77. The fraction of sp³-hybridized carbons (Fsp3) is 0.310. The van der Waals surface area contributed by atoms with Crippen molar-refractivity contribution in [2.24, 2.45) is 0 Å². The number of anilines is 1. The second kappa shape index (κ2) is 12.5. The van der Waals surface area contributed by atoms with Crippen LogP contribution in [0.4, 0.5) is 5.69 Å². The standard InChI is InChI=1S/C29H35N3O4S/c1-5-30-29(34)27(19-24-11-7-6-8-12-24)31(20-25-16-14-22(2)15-17-25)28(33)21-32(37(4,35)36)26-13-9-10-23(3)18-26/h6-18,27H,5,19-21H2,1-4H3,(H,30,34)/t27-/m1/s1. The summed E-state index contributed by atoms with van der Waals surface area (Å²) in [6.07, 6.45) is 1.38. The Kier molecular flexibility index (Phi) is 9.47. The third-order valence-electron chi connectivity index (χ3n) is 6.06. The number of aryl methyl sites for hydroxylation is 2. The van der Waals surface area contributed by atoms with Crippen LogP contribution in [0.3, 0.4) is 0 Å². The van der Waals surface area contributed by atoms with Crippen molar-refractivity contribution in [3.8, 4) is 0 Å². The monoisotopic (exact) mass is 521 g/mol. The van der Waals surface area contributed by atoms with Gasteiger partial charge in [-0.3, -0.25) is 13.9 Å².